The summed E-state index contributed by atoms with van der Waals surface area (Å²) in [5.74, 6) is 2.40. The molecular weight excluding hydrogens is 504 g/mol. The summed E-state index contributed by atoms with van der Waals surface area (Å²) in [6.45, 7) is 0. The second-order valence-corrected chi connectivity index (χ2v) is 8.77. The van der Waals surface area contributed by atoms with Gasteiger partial charge in [0.1, 0.15) is 23.0 Å². The van der Waals surface area contributed by atoms with Gasteiger partial charge in [0.15, 0.2) is 0 Å². The van der Waals surface area contributed by atoms with Gasteiger partial charge in [-0.15, -0.1) is 0 Å². The van der Waals surface area contributed by atoms with Crippen LogP contribution >= 0.6 is 0 Å². The Hall–Kier alpha value is -5.24. The van der Waals surface area contributed by atoms with Crippen LogP contribution < -0.4 is 20.3 Å². The van der Waals surface area contributed by atoms with Crippen molar-refractivity contribution in [3.63, 3.8) is 0 Å². The van der Waals surface area contributed by atoms with E-state index in [9.17, 15) is 9.59 Å². The lowest BCUT2D eigenvalue weighted by Crippen LogP contribution is -2.19. The average molecular weight is 535 g/mol. The highest BCUT2D eigenvalue weighted by Gasteiger charge is 2.04. The zero-order chi connectivity index (χ0) is 27.8. The van der Waals surface area contributed by atoms with Crippen molar-refractivity contribution in [1.82, 2.24) is 10.9 Å². The fraction of sp³-hybridized carbons (Fsp3) is 0.125. The van der Waals surface area contributed by atoms with Gasteiger partial charge in [-0.3, -0.25) is 9.59 Å². The molecule has 0 unspecified atom stereocenters. The van der Waals surface area contributed by atoms with Crippen molar-refractivity contribution in [1.29, 1.82) is 0 Å². The zero-order valence-electron chi connectivity index (χ0n) is 21.9. The molecule has 4 aromatic rings. The molecule has 0 aliphatic rings. The van der Waals surface area contributed by atoms with Crippen molar-refractivity contribution >= 4 is 24.2 Å². The van der Waals surface area contributed by atoms with Crippen LogP contribution in [-0.4, -0.2) is 24.2 Å². The molecule has 0 heterocycles. The van der Waals surface area contributed by atoms with Crippen LogP contribution in [0.1, 0.15) is 36.8 Å². The molecule has 2 N–H and O–H groups in total. The summed E-state index contributed by atoms with van der Waals surface area (Å²) < 4.78 is 11.6. The van der Waals surface area contributed by atoms with Crippen molar-refractivity contribution in [3.05, 3.63) is 120 Å². The van der Waals surface area contributed by atoms with Crippen LogP contribution in [0.5, 0.6) is 23.0 Å². The van der Waals surface area contributed by atoms with Gasteiger partial charge in [0, 0.05) is 12.8 Å². The number of rotatable bonds is 13. The third-order valence-corrected chi connectivity index (χ3v) is 5.54. The van der Waals surface area contributed by atoms with Gasteiger partial charge in [0.2, 0.25) is 11.8 Å². The van der Waals surface area contributed by atoms with Crippen LogP contribution in [0.3, 0.4) is 0 Å². The van der Waals surface area contributed by atoms with E-state index in [1.165, 1.54) is 0 Å². The number of benzene rings is 4. The normalized spacial score (nSPS) is 10.9. The number of nitrogens with zero attached hydrogens (tertiary/aromatic N) is 2. The standard InChI is InChI=1S/C32H30N4O4/c37-31(35-33-23-25-11-9-17-29(21-25)39-27-13-3-1-4-14-27)19-7-8-20-32(38)36-34-24-26-12-10-18-30(22-26)40-28-15-5-2-6-16-28/h1-6,9-18,21-24H,7-8,19-20H2,(H,35,37)(H,36,38). The van der Waals surface area contributed by atoms with Crippen molar-refractivity contribution in [2.24, 2.45) is 10.2 Å². The molecule has 0 fully saturated rings. The average Bonchev–Trinajstić information content (AvgIpc) is 2.97. The number of nitrogens with one attached hydrogen (secondary N) is 2. The van der Waals surface area contributed by atoms with Crippen molar-refractivity contribution in [3.8, 4) is 23.0 Å². The van der Waals surface area contributed by atoms with Gasteiger partial charge in [-0.2, -0.15) is 10.2 Å². The number of para-hydroxylation sites is 2. The van der Waals surface area contributed by atoms with Gasteiger partial charge in [-0.25, -0.2) is 10.9 Å². The molecule has 0 saturated heterocycles. The van der Waals surface area contributed by atoms with Crippen LogP contribution in [-0.2, 0) is 9.59 Å². The number of amides is 2. The largest absolute Gasteiger partial charge is 0.457 e. The maximum atomic E-state index is 12.1. The summed E-state index contributed by atoms with van der Waals surface area (Å²) in [5, 5.41) is 8.03. The minimum atomic E-state index is -0.219. The molecule has 8 heteroatoms. The maximum absolute atomic E-state index is 12.1. The minimum Gasteiger partial charge on any atom is -0.457 e. The Morgan fingerprint density at radius 1 is 0.550 bits per heavy atom. The Kier molecular flexibility index (Phi) is 10.6. The van der Waals surface area contributed by atoms with Gasteiger partial charge in [0.25, 0.3) is 0 Å². The minimum absolute atomic E-state index is 0.219. The fourth-order valence-electron chi connectivity index (χ4n) is 3.61. The van der Waals surface area contributed by atoms with E-state index in [1.54, 1.807) is 12.4 Å². The SMILES string of the molecule is O=C(CCCCC(=O)NN=Cc1cccc(Oc2ccccc2)c1)NN=Cc1cccc(Oc2ccccc2)c1. The topological polar surface area (TPSA) is 101 Å². The molecule has 2 amide bonds. The van der Waals surface area contributed by atoms with E-state index in [1.807, 2.05) is 109 Å². The first-order chi connectivity index (χ1) is 19.6. The first kappa shape index (κ1) is 27.8. The summed E-state index contributed by atoms with van der Waals surface area (Å²) in [4.78, 5) is 24.1. The lowest BCUT2D eigenvalue weighted by Gasteiger charge is -2.06. The number of hydrogen-bond donors (Lipinski definition) is 2. The van der Waals surface area contributed by atoms with Gasteiger partial charge >= 0.3 is 0 Å². The summed E-state index contributed by atoms with van der Waals surface area (Å²) in [6.07, 6.45) is 4.75. The Labute approximate surface area is 233 Å². The second-order valence-electron chi connectivity index (χ2n) is 8.77. The predicted molar refractivity (Wildman–Crippen MR) is 156 cm³/mol. The summed E-state index contributed by atoms with van der Waals surface area (Å²) in [7, 11) is 0. The van der Waals surface area contributed by atoms with Crippen LogP contribution in [0.4, 0.5) is 0 Å². The summed E-state index contributed by atoms with van der Waals surface area (Å²) in [6, 6.07) is 33.8. The molecule has 4 aromatic carbocycles. The monoisotopic (exact) mass is 534 g/mol. The van der Waals surface area contributed by atoms with E-state index in [0.717, 1.165) is 22.6 Å². The number of carbonyl (C=O) groups excluding carboxylic acids is 2. The smallest absolute Gasteiger partial charge is 0.240 e. The molecule has 8 nitrogen and oxygen atoms in total. The van der Waals surface area contributed by atoms with Crippen molar-refractivity contribution < 1.29 is 19.1 Å². The zero-order valence-corrected chi connectivity index (χ0v) is 21.9. The Bertz CT molecular complexity index is 1330. The molecule has 0 radical (unpaired) electrons. The third kappa shape index (κ3) is 9.90. The molecule has 0 aliphatic heterocycles. The second kappa shape index (κ2) is 15.2. The van der Waals surface area contributed by atoms with E-state index in [-0.39, 0.29) is 24.7 Å². The molecular formula is C32H30N4O4. The van der Waals surface area contributed by atoms with Crippen LogP contribution in [0, 0.1) is 0 Å². The molecule has 0 saturated carbocycles. The Morgan fingerprint density at radius 2 is 0.950 bits per heavy atom. The summed E-state index contributed by atoms with van der Waals surface area (Å²) in [5.41, 5.74) is 6.62. The van der Waals surface area contributed by atoms with E-state index >= 15 is 0 Å². The number of unbranched alkanes of at least 4 members (excludes halogenated alkanes) is 1. The molecule has 0 aliphatic carbocycles. The maximum Gasteiger partial charge on any atom is 0.240 e. The molecule has 0 bridgehead atoms. The molecule has 4 rings (SSSR count). The van der Waals surface area contributed by atoms with Gasteiger partial charge in [-0.05, 0) is 72.5 Å². The highest BCUT2D eigenvalue weighted by molar-refractivity contribution is 5.83. The van der Waals surface area contributed by atoms with E-state index < -0.39 is 0 Å². The Balaban J connectivity index is 1.11. The lowest BCUT2D eigenvalue weighted by atomic mass is 10.2. The van der Waals surface area contributed by atoms with Gasteiger partial charge < -0.3 is 9.47 Å². The first-order valence-corrected chi connectivity index (χ1v) is 12.9. The van der Waals surface area contributed by atoms with Crippen LogP contribution in [0.15, 0.2) is 119 Å². The van der Waals surface area contributed by atoms with Crippen molar-refractivity contribution in [2.45, 2.75) is 25.7 Å². The van der Waals surface area contributed by atoms with Crippen LogP contribution in [0.2, 0.25) is 0 Å². The molecule has 40 heavy (non-hydrogen) atoms. The number of ether oxygens (including phenoxy) is 2. The number of carbonyl (C=O) groups is 2. The molecule has 202 valence electrons. The lowest BCUT2D eigenvalue weighted by molar-refractivity contribution is -0.123. The molecule has 0 atom stereocenters. The van der Waals surface area contributed by atoms with E-state index in [2.05, 4.69) is 21.1 Å². The highest BCUT2D eigenvalue weighted by atomic mass is 16.5. The van der Waals surface area contributed by atoms with Gasteiger partial charge in [0.05, 0.1) is 12.4 Å². The third-order valence-electron chi connectivity index (χ3n) is 5.54. The fourth-order valence-corrected chi connectivity index (χ4v) is 3.61. The van der Waals surface area contributed by atoms with E-state index in [4.69, 9.17) is 9.47 Å². The number of hydrazone groups is 2. The van der Waals surface area contributed by atoms with Gasteiger partial charge in [-0.1, -0.05) is 60.7 Å². The number of hydrogen-bond acceptors (Lipinski definition) is 6. The Morgan fingerprint density at radius 3 is 1.38 bits per heavy atom. The molecule has 0 aromatic heterocycles. The van der Waals surface area contributed by atoms with Crippen molar-refractivity contribution in [2.75, 3.05) is 0 Å². The predicted octanol–water partition coefficient (Wildman–Crippen LogP) is 6.43. The van der Waals surface area contributed by atoms with Crippen LogP contribution in [0.25, 0.3) is 0 Å². The van der Waals surface area contributed by atoms with E-state index in [0.29, 0.717) is 24.3 Å². The quantitative estimate of drug-likeness (QED) is 0.117. The first-order valence-electron chi connectivity index (χ1n) is 12.9. The summed E-state index contributed by atoms with van der Waals surface area (Å²) >= 11 is 0. The highest BCUT2D eigenvalue weighted by Crippen LogP contribution is 2.22. The molecule has 0 spiro atoms.